The molecule has 0 bridgehead atoms. The second-order valence-corrected chi connectivity index (χ2v) is 12.4. The number of nitrogens with zero attached hydrogens (tertiary/aromatic N) is 5. The summed E-state index contributed by atoms with van der Waals surface area (Å²) in [5, 5.41) is 33.9. The van der Waals surface area contributed by atoms with Crippen LogP contribution in [0.25, 0.3) is 77.2 Å². The molecule has 0 aliphatic rings. The number of fused-ring (bicyclic) bond motifs is 6. The third kappa shape index (κ3) is 4.45. The lowest BCUT2D eigenvalue weighted by molar-refractivity contribution is 1.18. The average molecular weight is 636 g/mol. The van der Waals surface area contributed by atoms with Gasteiger partial charge in [0.05, 0.1) is 62.7 Å². The van der Waals surface area contributed by atoms with Crippen LogP contribution in [-0.4, -0.2) is 9.13 Å². The average Bonchev–Trinajstić information content (AvgIpc) is 3.69. The molecule has 5 heteroatoms. The van der Waals surface area contributed by atoms with E-state index in [2.05, 4.69) is 88.0 Å². The summed E-state index contributed by atoms with van der Waals surface area (Å²) in [5.41, 5.74) is 11.6. The number of aromatic nitrogens is 2. The molecule has 230 valence electrons. The highest BCUT2D eigenvalue weighted by Crippen LogP contribution is 2.39. The topological polar surface area (TPSA) is 81.2 Å². The Bertz CT molecular complexity index is 2970. The fourth-order valence-electron chi connectivity index (χ4n) is 7.37. The molecule has 0 saturated carbocycles. The first kappa shape index (κ1) is 28.8. The van der Waals surface area contributed by atoms with Gasteiger partial charge in [0.25, 0.3) is 0 Å². The van der Waals surface area contributed by atoms with Crippen LogP contribution in [0.3, 0.4) is 0 Å². The summed E-state index contributed by atoms with van der Waals surface area (Å²) in [5.74, 6) is 0. The van der Waals surface area contributed by atoms with Crippen molar-refractivity contribution in [2.45, 2.75) is 0 Å². The summed E-state index contributed by atoms with van der Waals surface area (Å²) in [6, 6.07) is 57.9. The Morgan fingerprint density at radius 3 is 1.78 bits per heavy atom. The van der Waals surface area contributed by atoms with E-state index in [1.165, 1.54) is 0 Å². The van der Waals surface area contributed by atoms with Crippen LogP contribution in [0, 0.1) is 34.0 Å². The maximum absolute atomic E-state index is 10.2. The lowest BCUT2D eigenvalue weighted by Gasteiger charge is -2.16. The fraction of sp³-hybridized carbons (Fsp3) is 0. The van der Waals surface area contributed by atoms with Crippen LogP contribution in [0.2, 0.25) is 0 Å². The number of hydrogen-bond acceptors (Lipinski definition) is 3. The van der Waals surface area contributed by atoms with Gasteiger partial charge in [-0.3, -0.25) is 0 Å². The van der Waals surface area contributed by atoms with Crippen molar-refractivity contribution in [3.8, 4) is 51.8 Å². The van der Waals surface area contributed by atoms with Gasteiger partial charge in [0.15, 0.2) is 0 Å². The quantitative estimate of drug-likeness (QED) is 0.193. The Kier molecular flexibility index (Phi) is 6.56. The number of rotatable bonds is 4. The maximum Gasteiger partial charge on any atom is 0.0992 e. The van der Waals surface area contributed by atoms with Gasteiger partial charge in [0.2, 0.25) is 0 Å². The zero-order chi connectivity index (χ0) is 33.8. The first-order chi connectivity index (χ1) is 24.6. The normalized spacial score (nSPS) is 11.1. The minimum Gasteiger partial charge on any atom is -0.309 e. The van der Waals surface area contributed by atoms with Crippen molar-refractivity contribution in [3.63, 3.8) is 0 Å². The molecular formula is C45H25N5. The van der Waals surface area contributed by atoms with E-state index in [1.807, 2.05) is 91.0 Å². The standard InChI is InChI=1S/C45H25N5/c46-26-29-17-19-44-40(22-29)38-12-3-6-15-43(38)50(44)41-13-4-1-10-36(41)34-21-31(28-48)20-33(24-34)32-8-7-9-35(25-32)49-42-14-5-2-11-37(42)39-18-16-30(27-47)23-45(39)49/h1-25H. The number of para-hydroxylation sites is 3. The van der Waals surface area contributed by atoms with Crippen molar-refractivity contribution in [2.24, 2.45) is 0 Å². The van der Waals surface area contributed by atoms with Gasteiger partial charge in [0, 0.05) is 32.8 Å². The molecule has 0 saturated heterocycles. The van der Waals surface area contributed by atoms with Crippen molar-refractivity contribution in [1.82, 2.24) is 9.13 Å². The monoisotopic (exact) mass is 635 g/mol. The van der Waals surface area contributed by atoms with Gasteiger partial charge in [-0.05, 0) is 95.6 Å². The van der Waals surface area contributed by atoms with Gasteiger partial charge in [-0.2, -0.15) is 15.8 Å². The largest absolute Gasteiger partial charge is 0.309 e. The third-order valence-electron chi connectivity index (χ3n) is 9.56. The van der Waals surface area contributed by atoms with E-state index < -0.39 is 0 Å². The molecule has 0 radical (unpaired) electrons. The second-order valence-electron chi connectivity index (χ2n) is 12.4. The SMILES string of the molecule is N#Cc1cc(-c2cccc(-n3c4ccccc4c4ccc(C#N)cc43)c2)cc(-c2ccccc2-n2c3ccccc3c3cc(C#N)ccc32)c1. The van der Waals surface area contributed by atoms with Crippen LogP contribution in [0.1, 0.15) is 16.7 Å². The summed E-state index contributed by atoms with van der Waals surface area (Å²) in [6.07, 6.45) is 0. The van der Waals surface area contributed by atoms with Gasteiger partial charge in [-0.1, -0.05) is 72.8 Å². The molecule has 0 amide bonds. The van der Waals surface area contributed by atoms with Gasteiger partial charge in [-0.15, -0.1) is 0 Å². The van der Waals surface area contributed by atoms with Crippen LogP contribution < -0.4 is 0 Å². The van der Waals surface area contributed by atoms with Gasteiger partial charge < -0.3 is 9.13 Å². The first-order valence-corrected chi connectivity index (χ1v) is 16.3. The minimum absolute atomic E-state index is 0.564. The molecule has 0 spiro atoms. The van der Waals surface area contributed by atoms with E-state index in [-0.39, 0.29) is 0 Å². The van der Waals surface area contributed by atoms with Crippen LogP contribution in [0.5, 0.6) is 0 Å². The Labute approximate surface area is 287 Å². The molecule has 0 aliphatic heterocycles. The van der Waals surface area contributed by atoms with E-state index in [0.29, 0.717) is 16.7 Å². The van der Waals surface area contributed by atoms with Crippen molar-refractivity contribution >= 4 is 43.6 Å². The molecule has 0 aliphatic carbocycles. The highest BCUT2D eigenvalue weighted by Gasteiger charge is 2.18. The van der Waals surface area contributed by atoms with Gasteiger partial charge in [0.1, 0.15) is 0 Å². The smallest absolute Gasteiger partial charge is 0.0992 e. The first-order valence-electron chi connectivity index (χ1n) is 16.3. The molecule has 9 rings (SSSR count). The number of hydrogen-bond donors (Lipinski definition) is 0. The van der Waals surface area contributed by atoms with Crippen LogP contribution in [0.4, 0.5) is 0 Å². The summed E-state index contributed by atoms with van der Waals surface area (Å²) >= 11 is 0. The highest BCUT2D eigenvalue weighted by atomic mass is 15.0. The van der Waals surface area contributed by atoms with E-state index >= 15 is 0 Å². The molecule has 9 aromatic rings. The lowest BCUT2D eigenvalue weighted by atomic mass is 9.95. The lowest BCUT2D eigenvalue weighted by Crippen LogP contribution is -1.98. The molecule has 7 aromatic carbocycles. The predicted octanol–water partition coefficient (Wildman–Crippen LogP) is 10.8. The molecule has 0 atom stereocenters. The van der Waals surface area contributed by atoms with E-state index in [4.69, 9.17) is 0 Å². The zero-order valence-electron chi connectivity index (χ0n) is 26.7. The Morgan fingerprint density at radius 2 is 0.980 bits per heavy atom. The fourth-order valence-corrected chi connectivity index (χ4v) is 7.37. The van der Waals surface area contributed by atoms with E-state index in [0.717, 1.165) is 77.2 Å². The van der Waals surface area contributed by atoms with Crippen LogP contribution in [-0.2, 0) is 0 Å². The maximum atomic E-state index is 10.2. The van der Waals surface area contributed by atoms with Crippen molar-refractivity contribution in [2.75, 3.05) is 0 Å². The highest BCUT2D eigenvalue weighted by molar-refractivity contribution is 6.11. The molecule has 50 heavy (non-hydrogen) atoms. The van der Waals surface area contributed by atoms with Crippen molar-refractivity contribution < 1.29 is 0 Å². The number of nitriles is 3. The van der Waals surface area contributed by atoms with Crippen LogP contribution in [0.15, 0.2) is 152 Å². The Morgan fingerprint density at radius 1 is 0.360 bits per heavy atom. The minimum atomic E-state index is 0.564. The summed E-state index contributed by atoms with van der Waals surface area (Å²) in [7, 11) is 0. The zero-order valence-corrected chi connectivity index (χ0v) is 26.7. The molecule has 0 N–H and O–H groups in total. The van der Waals surface area contributed by atoms with Crippen molar-refractivity contribution in [3.05, 3.63) is 168 Å². The summed E-state index contributed by atoms with van der Waals surface area (Å²) in [4.78, 5) is 0. The molecule has 2 aromatic heterocycles. The Balaban J connectivity index is 1.24. The van der Waals surface area contributed by atoms with Crippen molar-refractivity contribution in [1.29, 1.82) is 15.8 Å². The third-order valence-corrected chi connectivity index (χ3v) is 9.56. The molecule has 2 heterocycles. The van der Waals surface area contributed by atoms with Gasteiger partial charge >= 0.3 is 0 Å². The molecular weight excluding hydrogens is 611 g/mol. The predicted molar refractivity (Wildman–Crippen MR) is 200 cm³/mol. The van der Waals surface area contributed by atoms with Crippen LogP contribution >= 0.6 is 0 Å². The number of benzene rings is 7. The Hall–Kier alpha value is -7.39. The molecule has 0 unspecified atom stereocenters. The van der Waals surface area contributed by atoms with E-state index in [1.54, 1.807) is 0 Å². The molecule has 5 nitrogen and oxygen atoms in total. The second kappa shape index (κ2) is 11.4. The summed E-state index contributed by atoms with van der Waals surface area (Å²) < 4.78 is 4.46. The summed E-state index contributed by atoms with van der Waals surface area (Å²) in [6.45, 7) is 0. The molecule has 0 fully saturated rings. The van der Waals surface area contributed by atoms with Gasteiger partial charge in [-0.25, -0.2) is 0 Å². The van der Waals surface area contributed by atoms with E-state index in [9.17, 15) is 15.8 Å².